The normalized spacial score (nSPS) is 12.8. The lowest BCUT2D eigenvalue weighted by atomic mass is 10.2. The van der Waals surface area contributed by atoms with Crippen LogP contribution >= 0.6 is 11.3 Å². The first kappa shape index (κ1) is 12.3. The summed E-state index contributed by atoms with van der Waals surface area (Å²) in [4.78, 5) is 6.95. The third-order valence-corrected chi connectivity index (χ3v) is 4.15. The van der Waals surface area contributed by atoms with Crippen LogP contribution in [0.15, 0.2) is 18.5 Å². The van der Waals surface area contributed by atoms with Gasteiger partial charge in [-0.05, 0) is 25.5 Å². The van der Waals surface area contributed by atoms with Gasteiger partial charge >= 0.3 is 0 Å². The molecule has 1 atom stereocenters. The summed E-state index contributed by atoms with van der Waals surface area (Å²) in [6.07, 6.45) is 3.55. The van der Waals surface area contributed by atoms with E-state index in [2.05, 4.69) is 46.5 Å². The molecule has 5 heteroatoms. The molecule has 0 aliphatic rings. The Bertz CT molecular complexity index is 435. The minimum atomic E-state index is 0.406. The van der Waals surface area contributed by atoms with E-state index in [0.717, 1.165) is 25.2 Å². The Labute approximate surface area is 105 Å². The van der Waals surface area contributed by atoms with E-state index < -0.39 is 0 Å². The van der Waals surface area contributed by atoms with Crippen molar-refractivity contribution < 1.29 is 0 Å². The van der Waals surface area contributed by atoms with E-state index in [9.17, 15) is 0 Å². The average Bonchev–Trinajstić information content (AvgIpc) is 2.99. The highest BCUT2D eigenvalue weighted by Gasteiger charge is 2.07. The minimum absolute atomic E-state index is 0.406. The topological polar surface area (TPSA) is 53.6 Å². The van der Waals surface area contributed by atoms with Crippen LogP contribution < -0.4 is 5.32 Å². The van der Waals surface area contributed by atoms with Crippen LogP contribution in [0, 0.1) is 0 Å². The van der Waals surface area contributed by atoms with Gasteiger partial charge in [-0.1, -0.05) is 6.92 Å². The molecule has 92 valence electrons. The van der Waals surface area contributed by atoms with E-state index in [1.54, 1.807) is 6.33 Å². The van der Waals surface area contributed by atoms with Gasteiger partial charge in [-0.2, -0.15) is 5.10 Å². The molecule has 0 radical (unpaired) electrons. The van der Waals surface area contributed by atoms with E-state index in [1.807, 2.05) is 11.3 Å². The SMILES string of the molecule is CCc1ccc(C(C)NCCc2ncn[nH]2)s1. The van der Waals surface area contributed by atoms with E-state index in [-0.39, 0.29) is 0 Å². The second kappa shape index (κ2) is 5.93. The maximum absolute atomic E-state index is 4.10. The summed E-state index contributed by atoms with van der Waals surface area (Å²) in [5, 5.41) is 10.2. The van der Waals surface area contributed by atoms with Gasteiger partial charge in [-0.25, -0.2) is 4.98 Å². The number of hydrogen-bond acceptors (Lipinski definition) is 4. The van der Waals surface area contributed by atoms with Gasteiger partial charge in [0.15, 0.2) is 0 Å². The molecule has 2 aromatic heterocycles. The Morgan fingerprint density at radius 3 is 3.00 bits per heavy atom. The maximum Gasteiger partial charge on any atom is 0.137 e. The number of hydrogen-bond donors (Lipinski definition) is 2. The molecule has 4 nitrogen and oxygen atoms in total. The molecule has 2 rings (SSSR count). The van der Waals surface area contributed by atoms with E-state index in [0.29, 0.717) is 6.04 Å². The molecule has 0 aliphatic heterocycles. The molecule has 0 fully saturated rings. The van der Waals surface area contributed by atoms with Crippen molar-refractivity contribution in [1.82, 2.24) is 20.5 Å². The van der Waals surface area contributed by atoms with Gasteiger partial charge < -0.3 is 5.32 Å². The molecule has 0 spiro atoms. The average molecular weight is 250 g/mol. The molecule has 0 aromatic carbocycles. The Kier molecular flexibility index (Phi) is 4.28. The van der Waals surface area contributed by atoms with Crippen LogP contribution in [0.5, 0.6) is 0 Å². The van der Waals surface area contributed by atoms with Gasteiger partial charge in [0, 0.05) is 28.8 Å². The fourth-order valence-corrected chi connectivity index (χ4v) is 2.66. The largest absolute Gasteiger partial charge is 0.309 e. The first-order valence-corrected chi connectivity index (χ1v) is 6.77. The lowest BCUT2D eigenvalue weighted by Crippen LogP contribution is -2.20. The van der Waals surface area contributed by atoms with Crippen molar-refractivity contribution in [2.45, 2.75) is 32.7 Å². The van der Waals surface area contributed by atoms with Gasteiger partial charge in [0.25, 0.3) is 0 Å². The first-order valence-electron chi connectivity index (χ1n) is 5.96. The Morgan fingerprint density at radius 2 is 2.35 bits per heavy atom. The summed E-state index contributed by atoms with van der Waals surface area (Å²) in [6, 6.07) is 4.84. The minimum Gasteiger partial charge on any atom is -0.309 e. The fourth-order valence-electron chi connectivity index (χ4n) is 1.68. The number of rotatable bonds is 6. The zero-order valence-electron chi connectivity index (χ0n) is 10.2. The van der Waals surface area contributed by atoms with Crippen LogP contribution in [0.25, 0.3) is 0 Å². The van der Waals surface area contributed by atoms with Gasteiger partial charge in [-0.3, -0.25) is 5.10 Å². The highest BCUT2D eigenvalue weighted by atomic mass is 32.1. The molecule has 0 aliphatic carbocycles. The summed E-state index contributed by atoms with van der Waals surface area (Å²) in [5.41, 5.74) is 0. The zero-order valence-corrected chi connectivity index (χ0v) is 11.0. The number of aromatic amines is 1. The van der Waals surface area contributed by atoms with Crippen molar-refractivity contribution in [2.75, 3.05) is 6.54 Å². The Hall–Kier alpha value is -1.20. The second-order valence-corrected chi connectivity index (χ2v) is 5.22. The van der Waals surface area contributed by atoms with Crippen LogP contribution in [0.4, 0.5) is 0 Å². The fraction of sp³-hybridized carbons (Fsp3) is 0.500. The van der Waals surface area contributed by atoms with E-state index in [1.165, 1.54) is 9.75 Å². The number of aryl methyl sites for hydroxylation is 1. The van der Waals surface area contributed by atoms with Gasteiger partial charge in [0.2, 0.25) is 0 Å². The van der Waals surface area contributed by atoms with E-state index >= 15 is 0 Å². The molecular formula is C12H18N4S. The first-order chi connectivity index (χ1) is 8.29. The van der Waals surface area contributed by atoms with E-state index in [4.69, 9.17) is 0 Å². The molecule has 2 heterocycles. The van der Waals surface area contributed by atoms with Crippen molar-refractivity contribution >= 4 is 11.3 Å². The molecule has 0 bridgehead atoms. The third-order valence-electron chi connectivity index (χ3n) is 2.73. The predicted octanol–water partition coefficient (Wildman–Crippen LogP) is 2.32. The summed E-state index contributed by atoms with van der Waals surface area (Å²) < 4.78 is 0. The lowest BCUT2D eigenvalue weighted by molar-refractivity contribution is 0.578. The predicted molar refractivity (Wildman–Crippen MR) is 70.2 cm³/mol. The highest BCUT2D eigenvalue weighted by molar-refractivity contribution is 7.12. The monoisotopic (exact) mass is 250 g/mol. The lowest BCUT2D eigenvalue weighted by Gasteiger charge is -2.10. The van der Waals surface area contributed by atoms with Crippen LogP contribution in [-0.4, -0.2) is 21.7 Å². The molecule has 2 N–H and O–H groups in total. The van der Waals surface area contributed by atoms with Crippen LogP contribution in [0.1, 0.15) is 35.5 Å². The molecule has 0 saturated heterocycles. The molecule has 1 unspecified atom stereocenters. The summed E-state index contributed by atoms with van der Waals surface area (Å²) in [5.74, 6) is 0.935. The number of aromatic nitrogens is 3. The van der Waals surface area contributed by atoms with Gasteiger partial charge in [0.05, 0.1) is 0 Å². The molecular weight excluding hydrogens is 232 g/mol. The van der Waals surface area contributed by atoms with Crippen molar-refractivity contribution in [3.05, 3.63) is 34.0 Å². The molecule has 17 heavy (non-hydrogen) atoms. The molecule has 0 saturated carbocycles. The van der Waals surface area contributed by atoms with Gasteiger partial charge in [-0.15, -0.1) is 11.3 Å². The van der Waals surface area contributed by atoms with Crippen molar-refractivity contribution in [1.29, 1.82) is 0 Å². The molecule has 2 aromatic rings. The summed E-state index contributed by atoms with van der Waals surface area (Å²) in [6.45, 7) is 5.30. The highest BCUT2D eigenvalue weighted by Crippen LogP contribution is 2.23. The standard InChI is InChI=1S/C12H18N4S/c1-3-10-4-5-11(17-10)9(2)13-7-6-12-14-8-15-16-12/h4-5,8-9,13H,3,6-7H2,1-2H3,(H,14,15,16). The van der Waals surface area contributed by atoms with Gasteiger partial charge in [0.1, 0.15) is 12.2 Å². The van der Waals surface area contributed by atoms with Crippen molar-refractivity contribution in [3.8, 4) is 0 Å². The number of H-pyrrole nitrogens is 1. The third kappa shape index (κ3) is 3.38. The number of nitrogens with zero attached hydrogens (tertiary/aromatic N) is 2. The molecule has 0 amide bonds. The van der Waals surface area contributed by atoms with Crippen LogP contribution in [0.3, 0.4) is 0 Å². The van der Waals surface area contributed by atoms with Crippen molar-refractivity contribution in [3.63, 3.8) is 0 Å². The van der Waals surface area contributed by atoms with Crippen LogP contribution in [0.2, 0.25) is 0 Å². The Balaban J connectivity index is 1.78. The number of thiophene rings is 1. The smallest absolute Gasteiger partial charge is 0.137 e. The quantitative estimate of drug-likeness (QED) is 0.827. The zero-order chi connectivity index (χ0) is 12.1. The van der Waals surface area contributed by atoms with Crippen LogP contribution in [-0.2, 0) is 12.8 Å². The van der Waals surface area contributed by atoms with Crippen molar-refractivity contribution in [2.24, 2.45) is 0 Å². The summed E-state index contributed by atoms with van der Waals surface area (Å²) >= 11 is 1.89. The summed E-state index contributed by atoms with van der Waals surface area (Å²) in [7, 11) is 0. The number of nitrogens with one attached hydrogen (secondary N) is 2. The maximum atomic E-state index is 4.10. The Morgan fingerprint density at radius 1 is 1.47 bits per heavy atom. The second-order valence-electron chi connectivity index (χ2n) is 4.02.